The van der Waals surface area contributed by atoms with Crippen molar-refractivity contribution in [3.8, 4) is 45.7 Å². The van der Waals surface area contributed by atoms with Crippen molar-refractivity contribution in [2.24, 2.45) is 0 Å². The molecular weight excluding hydrogens is 474 g/mol. The number of hydrogen-bond donors (Lipinski definition) is 2. The average Bonchev–Trinajstić information content (AvgIpc) is 2.96. The Bertz CT molecular complexity index is 1190. The molecule has 0 unspecified atom stereocenters. The molecule has 1 heterocycles. The number of aliphatic hydroxyl groups is 1. The number of aromatic nitrogens is 3. The lowest BCUT2D eigenvalue weighted by atomic mass is 10.1. The topological polar surface area (TPSA) is 88.4 Å². The maximum Gasteiger partial charge on any atom is 0.167 e. The second-order valence-electron chi connectivity index (χ2n) is 9.47. The Labute approximate surface area is 225 Å². The molecule has 4 rings (SSSR count). The molecule has 0 bridgehead atoms. The summed E-state index contributed by atoms with van der Waals surface area (Å²) in [6, 6.07) is 24.9. The first-order valence-electron chi connectivity index (χ1n) is 13.7. The van der Waals surface area contributed by atoms with E-state index in [4.69, 9.17) is 14.8 Å². The number of benzene rings is 3. The van der Waals surface area contributed by atoms with Gasteiger partial charge >= 0.3 is 0 Å². The van der Waals surface area contributed by atoms with E-state index in [9.17, 15) is 5.11 Å². The maximum atomic E-state index is 10.9. The molecular formula is C32H37N3O3. The van der Waals surface area contributed by atoms with Gasteiger partial charge in [0.2, 0.25) is 0 Å². The molecule has 0 spiro atoms. The summed E-state index contributed by atoms with van der Waals surface area (Å²) in [6.45, 7) is 0.930. The van der Waals surface area contributed by atoms with Crippen molar-refractivity contribution in [1.82, 2.24) is 15.0 Å². The third-order valence-corrected chi connectivity index (χ3v) is 6.48. The van der Waals surface area contributed by atoms with Gasteiger partial charge in [0, 0.05) is 23.8 Å². The van der Waals surface area contributed by atoms with Crippen LogP contribution in [0.3, 0.4) is 0 Å². The first-order valence-corrected chi connectivity index (χ1v) is 13.7. The molecule has 0 atom stereocenters. The van der Waals surface area contributed by atoms with E-state index >= 15 is 0 Å². The molecule has 38 heavy (non-hydrogen) atoms. The molecule has 0 aliphatic carbocycles. The molecule has 0 saturated heterocycles. The average molecular weight is 512 g/mol. The van der Waals surface area contributed by atoms with Crippen molar-refractivity contribution in [2.45, 2.75) is 57.8 Å². The fourth-order valence-electron chi connectivity index (χ4n) is 4.36. The van der Waals surface area contributed by atoms with Crippen LogP contribution in [0.5, 0.6) is 11.5 Å². The van der Waals surface area contributed by atoms with Gasteiger partial charge in [0.25, 0.3) is 0 Å². The highest BCUT2D eigenvalue weighted by Gasteiger charge is 2.15. The van der Waals surface area contributed by atoms with Crippen LogP contribution in [-0.4, -0.2) is 38.4 Å². The highest BCUT2D eigenvalue weighted by Crippen LogP contribution is 2.32. The Morgan fingerprint density at radius 1 is 0.553 bits per heavy atom. The molecule has 6 heteroatoms. The summed E-state index contributed by atoms with van der Waals surface area (Å²) in [5.74, 6) is 2.24. The van der Waals surface area contributed by atoms with Crippen molar-refractivity contribution in [3.63, 3.8) is 0 Å². The number of ether oxygens (including phenoxy) is 1. The van der Waals surface area contributed by atoms with Crippen LogP contribution in [0.4, 0.5) is 0 Å². The van der Waals surface area contributed by atoms with E-state index in [0.29, 0.717) is 42.0 Å². The number of rotatable bonds is 15. The van der Waals surface area contributed by atoms with Gasteiger partial charge in [-0.3, -0.25) is 0 Å². The van der Waals surface area contributed by atoms with Gasteiger partial charge in [-0.2, -0.15) is 0 Å². The summed E-state index contributed by atoms with van der Waals surface area (Å²) < 4.78 is 5.90. The van der Waals surface area contributed by atoms with E-state index in [0.717, 1.165) is 36.8 Å². The third kappa shape index (κ3) is 8.12. The molecule has 6 nitrogen and oxygen atoms in total. The molecule has 0 aliphatic heterocycles. The molecule has 0 amide bonds. The predicted octanol–water partition coefficient (Wildman–Crippen LogP) is 7.46. The van der Waals surface area contributed by atoms with Crippen LogP contribution in [0.2, 0.25) is 0 Å². The number of nitrogens with zero attached hydrogens (tertiary/aromatic N) is 3. The van der Waals surface area contributed by atoms with Crippen molar-refractivity contribution < 1.29 is 14.9 Å². The summed E-state index contributed by atoms with van der Waals surface area (Å²) in [7, 11) is 0. The number of hydrogen-bond acceptors (Lipinski definition) is 6. The number of phenolic OH excluding ortho intramolecular Hbond substituents is 1. The van der Waals surface area contributed by atoms with Gasteiger partial charge in [0.15, 0.2) is 17.5 Å². The SMILES string of the molecule is OCCCCCCCCCCCOc1ccc(-c2nc(-c3ccccc3)nc(-c3ccccc3)n2)c(O)c1. The normalized spacial score (nSPS) is 11.0. The van der Waals surface area contributed by atoms with Crippen molar-refractivity contribution in [2.75, 3.05) is 13.2 Å². The van der Waals surface area contributed by atoms with Crippen LogP contribution in [0.15, 0.2) is 78.9 Å². The number of unbranched alkanes of at least 4 members (excludes halogenated alkanes) is 8. The zero-order valence-electron chi connectivity index (χ0n) is 21.9. The van der Waals surface area contributed by atoms with Crippen LogP contribution in [-0.2, 0) is 0 Å². The minimum Gasteiger partial charge on any atom is -0.507 e. The van der Waals surface area contributed by atoms with Crippen LogP contribution >= 0.6 is 0 Å². The fraction of sp³-hybridized carbons (Fsp3) is 0.344. The van der Waals surface area contributed by atoms with Gasteiger partial charge < -0.3 is 14.9 Å². The largest absolute Gasteiger partial charge is 0.507 e. The third-order valence-electron chi connectivity index (χ3n) is 6.48. The first-order chi connectivity index (χ1) is 18.7. The zero-order chi connectivity index (χ0) is 26.4. The van der Waals surface area contributed by atoms with Crippen molar-refractivity contribution in [3.05, 3.63) is 78.9 Å². The lowest BCUT2D eigenvalue weighted by Gasteiger charge is -2.11. The Morgan fingerprint density at radius 3 is 1.58 bits per heavy atom. The van der Waals surface area contributed by atoms with Crippen LogP contribution in [0.25, 0.3) is 34.2 Å². The van der Waals surface area contributed by atoms with Gasteiger partial charge in [0.1, 0.15) is 11.5 Å². The molecule has 0 fully saturated rings. The molecule has 0 saturated carbocycles. The van der Waals surface area contributed by atoms with E-state index in [1.54, 1.807) is 12.1 Å². The Hall–Kier alpha value is -3.77. The standard InChI is InChI=1S/C32H37N3O3/c36-22-14-6-4-2-1-3-5-7-15-23-38-27-20-21-28(29(37)24-27)32-34-30(25-16-10-8-11-17-25)33-31(35-32)26-18-12-9-13-19-26/h8-13,16-21,24,36-37H,1-7,14-15,22-23H2. The number of aliphatic hydroxyl groups excluding tert-OH is 1. The quantitative estimate of drug-likeness (QED) is 0.161. The minimum absolute atomic E-state index is 0.0768. The van der Waals surface area contributed by atoms with Crippen LogP contribution in [0, 0.1) is 0 Å². The van der Waals surface area contributed by atoms with Gasteiger partial charge in [-0.25, -0.2) is 15.0 Å². The fourth-order valence-corrected chi connectivity index (χ4v) is 4.36. The predicted molar refractivity (Wildman–Crippen MR) is 152 cm³/mol. The van der Waals surface area contributed by atoms with Crippen molar-refractivity contribution >= 4 is 0 Å². The maximum absolute atomic E-state index is 10.9. The van der Waals surface area contributed by atoms with E-state index < -0.39 is 0 Å². The van der Waals surface area contributed by atoms with Crippen LogP contribution < -0.4 is 4.74 Å². The summed E-state index contributed by atoms with van der Waals surface area (Å²) in [5.41, 5.74) is 2.30. The molecule has 0 radical (unpaired) electrons. The smallest absolute Gasteiger partial charge is 0.167 e. The lowest BCUT2D eigenvalue weighted by molar-refractivity contribution is 0.282. The first kappa shape index (κ1) is 27.3. The van der Waals surface area contributed by atoms with Crippen LogP contribution in [0.1, 0.15) is 57.8 Å². The Morgan fingerprint density at radius 2 is 1.05 bits per heavy atom. The highest BCUT2D eigenvalue weighted by molar-refractivity contribution is 5.70. The molecule has 1 aromatic heterocycles. The number of phenols is 1. The summed E-state index contributed by atoms with van der Waals surface area (Å²) in [6.07, 6.45) is 10.4. The minimum atomic E-state index is 0.0768. The van der Waals surface area contributed by atoms with E-state index in [-0.39, 0.29) is 5.75 Å². The van der Waals surface area contributed by atoms with Crippen molar-refractivity contribution in [1.29, 1.82) is 0 Å². The summed E-state index contributed by atoms with van der Waals surface area (Å²) >= 11 is 0. The van der Waals surface area contributed by atoms with E-state index in [2.05, 4.69) is 9.97 Å². The van der Waals surface area contributed by atoms with E-state index in [1.165, 1.54) is 32.1 Å². The Kier molecular flexibility index (Phi) is 10.6. The molecule has 3 aromatic carbocycles. The van der Waals surface area contributed by atoms with E-state index in [1.807, 2.05) is 66.7 Å². The molecule has 4 aromatic rings. The highest BCUT2D eigenvalue weighted by atomic mass is 16.5. The van der Waals surface area contributed by atoms with Gasteiger partial charge in [-0.1, -0.05) is 106 Å². The van der Waals surface area contributed by atoms with Gasteiger partial charge in [-0.15, -0.1) is 0 Å². The molecule has 2 N–H and O–H groups in total. The second kappa shape index (κ2) is 14.8. The lowest BCUT2D eigenvalue weighted by Crippen LogP contribution is -2.01. The van der Waals surface area contributed by atoms with Gasteiger partial charge in [0.05, 0.1) is 12.2 Å². The zero-order valence-corrected chi connectivity index (χ0v) is 21.9. The van der Waals surface area contributed by atoms with Gasteiger partial charge in [-0.05, 0) is 25.0 Å². The summed E-state index contributed by atoms with van der Waals surface area (Å²) in [5, 5.41) is 19.7. The molecule has 198 valence electrons. The second-order valence-corrected chi connectivity index (χ2v) is 9.47. The Balaban J connectivity index is 1.37. The summed E-state index contributed by atoms with van der Waals surface area (Å²) in [4.78, 5) is 14.1. The monoisotopic (exact) mass is 511 g/mol. The molecule has 0 aliphatic rings. The number of aromatic hydroxyl groups is 1.